The van der Waals surface area contributed by atoms with Gasteiger partial charge in [-0.05, 0) is 19.1 Å². The first kappa shape index (κ1) is 15.4. The molecule has 2 rings (SSSR count). The van der Waals surface area contributed by atoms with E-state index >= 15 is 0 Å². The van der Waals surface area contributed by atoms with Gasteiger partial charge in [0.05, 0.1) is 0 Å². The normalized spacial score (nSPS) is 10.3. The van der Waals surface area contributed by atoms with Gasteiger partial charge in [0.15, 0.2) is 23.1 Å². The molecule has 0 aliphatic rings. The van der Waals surface area contributed by atoms with Gasteiger partial charge in [-0.3, -0.25) is 4.90 Å². The van der Waals surface area contributed by atoms with Crippen LogP contribution in [-0.2, 0) is 0 Å². The third-order valence-corrected chi connectivity index (χ3v) is 2.91. The van der Waals surface area contributed by atoms with Crippen LogP contribution in [0.4, 0.5) is 26.4 Å². The Morgan fingerprint density at radius 2 is 2.09 bits per heavy atom. The molecule has 1 heterocycles. The van der Waals surface area contributed by atoms with E-state index in [0.717, 1.165) is 11.0 Å². The highest BCUT2D eigenvalue weighted by Gasteiger charge is 2.22. The molecule has 2 aromatic rings. The number of nitrogen functional groups attached to an aromatic ring is 2. The van der Waals surface area contributed by atoms with Crippen molar-refractivity contribution in [2.75, 3.05) is 22.9 Å². The SMILES string of the molecule is CCN(C(=O)O)c1c(Oc2ccc(N)cc2F)ccnc1N. The molecule has 22 heavy (non-hydrogen) atoms. The fraction of sp³-hybridized carbons (Fsp3) is 0.143. The van der Waals surface area contributed by atoms with Crippen LogP contribution in [0.25, 0.3) is 0 Å². The van der Waals surface area contributed by atoms with Crippen molar-refractivity contribution in [3.8, 4) is 11.5 Å². The first-order valence-electron chi connectivity index (χ1n) is 6.41. The molecule has 0 spiro atoms. The Hall–Kier alpha value is -3.03. The summed E-state index contributed by atoms with van der Waals surface area (Å²) in [5.74, 6) is -0.708. The second-order valence-corrected chi connectivity index (χ2v) is 4.36. The van der Waals surface area contributed by atoms with Crippen molar-refractivity contribution in [1.82, 2.24) is 4.98 Å². The van der Waals surface area contributed by atoms with Gasteiger partial charge in [0.1, 0.15) is 5.69 Å². The van der Waals surface area contributed by atoms with Gasteiger partial charge in [0.2, 0.25) is 0 Å². The molecule has 0 aliphatic carbocycles. The van der Waals surface area contributed by atoms with Crippen molar-refractivity contribution in [3.05, 3.63) is 36.3 Å². The zero-order valence-corrected chi connectivity index (χ0v) is 11.8. The van der Waals surface area contributed by atoms with Gasteiger partial charge in [-0.2, -0.15) is 0 Å². The van der Waals surface area contributed by atoms with E-state index in [0.29, 0.717) is 0 Å². The number of carboxylic acid groups (broad SMARTS) is 1. The summed E-state index contributed by atoms with van der Waals surface area (Å²) in [6, 6.07) is 5.33. The summed E-state index contributed by atoms with van der Waals surface area (Å²) in [5.41, 5.74) is 11.5. The minimum absolute atomic E-state index is 0.0300. The lowest BCUT2D eigenvalue weighted by Gasteiger charge is -2.21. The van der Waals surface area contributed by atoms with Gasteiger partial charge in [-0.1, -0.05) is 0 Å². The molecule has 0 unspecified atom stereocenters. The van der Waals surface area contributed by atoms with Gasteiger partial charge in [-0.25, -0.2) is 14.2 Å². The molecule has 1 amide bonds. The number of benzene rings is 1. The molecule has 0 aliphatic heterocycles. The van der Waals surface area contributed by atoms with Crippen LogP contribution in [0.15, 0.2) is 30.5 Å². The zero-order valence-electron chi connectivity index (χ0n) is 11.8. The van der Waals surface area contributed by atoms with Gasteiger partial charge in [0.25, 0.3) is 0 Å². The Labute approximate surface area is 125 Å². The van der Waals surface area contributed by atoms with Crippen LogP contribution in [0.3, 0.4) is 0 Å². The Kier molecular flexibility index (Phi) is 4.31. The van der Waals surface area contributed by atoms with E-state index in [1.54, 1.807) is 6.92 Å². The summed E-state index contributed by atoms with van der Waals surface area (Å²) < 4.78 is 19.3. The highest BCUT2D eigenvalue weighted by molar-refractivity contribution is 5.92. The number of nitrogens with two attached hydrogens (primary N) is 2. The van der Waals surface area contributed by atoms with E-state index in [9.17, 15) is 14.3 Å². The van der Waals surface area contributed by atoms with Gasteiger partial charge in [-0.15, -0.1) is 0 Å². The number of amides is 1. The minimum atomic E-state index is -1.22. The fourth-order valence-corrected chi connectivity index (χ4v) is 1.91. The maximum absolute atomic E-state index is 13.8. The van der Waals surface area contributed by atoms with Crippen LogP contribution in [-0.4, -0.2) is 22.7 Å². The van der Waals surface area contributed by atoms with Crippen molar-refractivity contribution < 1.29 is 19.0 Å². The molecule has 0 atom stereocenters. The number of carbonyl (C=O) groups is 1. The molecule has 0 bridgehead atoms. The Bertz CT molecular complexity index is 708. The second kappa shape index (κ2) is 6.17. The molecule has 116 valence electrons. The molecule has 8 heteroatoms. The first-order chi connectivity index (χ1) is 10.4. The summed E-state index contributed by atoms with van der Waals surface area (Å²) in [4.78, 5) is 16.1. The van der Waals surface area contributed by atoms with E-state index in [2.05, 4.69) is 4.98 Å². The number of ether oxygens (including phenoxy) is 1. The smallest absolute Gasteiger partial charge is 0.412 e. The van der Waals surface area contributed by atoms with Crippen LogP contribution in [0.2, 0.25) is 0 Å². The zero-order chi connectivity index (χ0) is 16.3. The monoisotopic (exact) mass is 306 g/mol. The standard InChI is InChI=1S/C14H15FN4O3/c1-2-19(14(20)21)12-11(5-6-18-13(12)17)22-10-4-3-8(16)7-9(10)15/h3-7H,2,16H2,1H3,(H2,17,18)(H,20,21). The highest BCUT2D eigenvalue weighted by atomic mass is 19.1. The summed E-state index contributed by atoms with van der Waals surface area (Å²) in [6.07, 6.45) is 0.129. The van der Waals surface area contributed by atoms with Crippen LogP contribution in [0.5, 0.6) is 11.5 Å². The van der Waals surface area contributed by atoms with Crippen LogP contribution in [0, 0.1) is 5.82 Å². The predicted molar refractivity (Wildman–Crippen MR) is 80.6 cm³/mol. The Morgan fingerprint density at radius 1 is 1.36 bits per heavy atom. The number of aromatic nitrogens is 1. The minimum Gasteiger partial charge on any atom is -0.465 e. The lowest BCUT2D eigenvalue weighted by molar-refractivity contribution is 0.202. The average Bonchev–Trinajstić information content (AvgIpc) is 2.45. The van der Waals surface area contributed by atoms with Gasteiger partial charge < -0.3 is 21.3 Å². The molecule has 1 aromatic carbocycles. The number of hydrogen-bond acceptors (Lipinski definition) is 5. The largest absolute Gasteiger partial charge is 0.465 e. The quantitative estimate of drug-likeness (QED) is 0.748. The van der Waals surface area contributed by atoms with Crippen molar-refractivity contribution in [2.24, 2.45) is 0 Å². The van der Waals surface area contributed by atoms with E-state index in [4.69, 9.17) is 16.2 Å². The highest BCUT2D eigenvalue weighted by Crippen LogP contribution is 2.36. The van der Waals surface area contributed by atoms with Crippen molar-refractivity contribution in [3.63, 3.8) is 0 Å². The van der Waals surface area contributed by atoms with E-state index in [1.165, 1.54) is 24.4 Å². The summed E-state index contributed by atoms with van der Waals surface area (Å²) in [7, 11) is 0. The van der Waals surface area contributed by atoms with Crippen LogP contribution < -0.4 is 21.1 Å². The molecule has 0 radical (unpaired) electrons. The van der Waals surface area contributed by atoms with E-state index in [-0.39, 0.29) is 35.2 Å². The number of rotatable bonds is 4. The van der Waals surface area contributed by atoms with Gasteiger partial charge in [0, 0.05) is 30.6 Å². The summed E-state index contributed by atoms with van der Waals surface area (Å²) in [5, 5.41) is 9.23. The fourth-order valence-electron chi connectivity index (χ4n) is 1.91. The molecule has 0 saturated carbocycles. The molecule has 0 saturated heterocycles. The third-order valence-electron chi connectivity index (χ3n) is 2.91. The number of hydrogen-bond donors (Lipinski definition) is 3. The van der Waals surface area contributed by atoms with Crippen molar-refractivity contribution in [1.29, 1.82) is 0 Å². The third kappa shape index (κ3) is 3.00. The topological polar surface area (TPSA) is 115 Å². The molecular formula is C14H15FN4O3. The van der Waals surface area contributed by atoms with Gasteiger partial charge >= 0.3 is 6.09 Å². The van der Waals surface area contributed by atoms with Crippen LogP contribution in [0.1, 0.15) is 6.92 Å². The average molecular weight is 306 g/mol. The Morgan fingerprint density at radius 3 is 2.68 bits per heavy atom. The maximum Gasteiger partial charge on any atom is 0.412 e. The summed E-state index contributed by atoms with van der Waals surface area (Å²) in [6.45, 7) is 1.76. The predicted octanol–water partition coefficient (Wildman–Crippen LogP) is 2.68. The molecule has 7 nitrogen and oxygen atoms in total. The Balaban J connectivity index is 2.47. The molecule has 0 fully saturated rings. The number of anilines is 3. The maximum atomic E-state index is 13.8. The lowest BCUT2D eigenvalue weighted by Crippen LogP contribution is -2.30. The molecule has 1 aromatic heterocycles. The van der Waals surface area contributed by atoms with E-state index in [1.807, 2.05) is 0 Å². The van der Waals surface area contributed by atoms with Crippen molar-refractivity contribution >= 4 is 23.3 Å². The van der Waals surface area contributed by atoms with Crippen molar-refractivity contribution in [2.45, 2.75) is 6.92 Å². The lowest BCUT2D eigenvalue weighted by atomic mass is 10.3. The molecular weight excluding hydrogens is 291 g/mol. The first-order valence-corrected chi connectivity index (χ1v) is 6.41. The van der Waals surface area contributed by atoms with Crippen LogP contribution >= 0.6 is 0 Å². The second-order valence-electron chi connectivity index (χ2n) is 4.36. The summed E-state index contributed by atoms with van der Waals surface area (Å²) >= 11 is 0. The number of halogens is 1. The number of nitrogens with zero attached hydrogens (tertiary/aromatic N) is 2. The van der Waals surface area contributed by atoms with E-state index < -0.39 is 11.9 Å². The number of pyridine rings is 1. The molecule has 5 N–H and O–H groups in total.